The van der Waals surface area contributed by atoms with Crippen LogP contribution in [0.4, 0.5) is 0 Å². The van der Waals surface area contributed by atoms with E-state index in [9.17, 15) is 4.79 Å². The summed E-state index contributed by atoms with van der Waals surface area (Å²) in [5.74, 6) is 4.14. The van der Waals surface area contributed by atoms with Gasteiger partial charge in [0.15, 0.2) is 11.8 Å². The first kappa shape index (κ1) is 25.8. The topological polar surface area (TPSA) is 81.9 Å². The van der Waals surface area contributed by atoms with E-state index < -0.39 is 0 Å². The average molecular weight is 547 g/mol. The average Bonchev–Trinajstić information content (AvgIpc) is 3.03. The Balaban J connectivity index is 0.00000341. The number of piperazine rings is 1. The van der Waals surface area contributed by atoms with E-state index in [1.165, 1.54) is 6.42 Å². The summed E-state index contributed by atoms with van der Waals surface area (Å²) >= 11 is 0. The van der Waals surface area contributed by atoms with Crippen LogP contribution < -0.4 is 5.32 Å². The number of hydrogen-bond acceptors (Lipinski definition) is 5. The fraction of sp³-hybridized carbons (Fsp3) is 0.810. The lowest BCUT2D eigenvalue weighted by atomic mass is 9.92. The second-order valence-electron chi connectivity index (χ2n) is 8.90. The van der Waals surface area contributed by atoms with Crippen LogP contribution in [0.3, 0.4) is 0 Å². The number of aromatic nitrogens is 3. The lowest BCUT2D eigenvalue weighted by Crippen LogP contribution is -2.55. The Kier molecular flexibility index (Phi) is 9.98. The van der Waals surface area contributed by atoms with Crippen molar-refractivity contribution >= 4 is 35.8 Å². The molecule has 3 rings (SSSR count). The summed E-state index contributed by atoms with van der Waals surface area (Å²) in [5.41, 5.74) is 0. The predicted octanol–water partition coefficient (Wildman–Crippen LogP) is 1.33. The van der Waals surface area contributed by atoms with Gasteiger partial charge in [-0.2, -0.15) is 0 Å². The molecule has 0 saturated carbocycles. The highest BCUT2D eigenvalue weighted by atomic mass is 127. The molecule has 0 bridgehead atoms. The van der Waals surface area contributed by atoms with Gasteiger partial charge in [0.05, 0.1) is 6.54 Å². The van der Waals surface area contributed by atoms with E-state index in [0.29, 0.717) is 24.9 Å². The zero-order valence-electron chi connectivity index (χ0n) is 19.7. The first-order chi connectivity index (χ1) is 14.4. The molecular weight excluding hydrogens is 507 g/mol. The third-order valence-electron chi connectivity index (χ3n) is 6.14. The predicted molar refractivity (Wildman–Crippen MR) is 134 cm³/mol. The van der Waals surface area contributed by atoms with Gasteiger partial charge in [0, 0.05) is 52.9 Å². The number of nitrogens with one attached hydrogen (secondary N) is 1. The number of aliphatic imine (C=N–C) groups is 1. The maximum absolute atomic E-state index is 12.8. The van der Waals surface area contributed by atoms with Crippen molar-refractivity contribution in [1.82, 2.24) is 34.8 Å². The van der Waals surface area contributed by atoms with Crippen LogP contribution in [0, 0.1) is 18.8 Å². The van der Waals surface area contributed by atoms with Crippen LogP contribution in [0.2, 0.25) is 0 Å². The molecule has 0 spiro atoms. The minimum absolute atomic E-state index is 0. The maximum Gasteiger partial charge on any atom is 0.236 e. The quantitative estimate of drug-likeness (QED) is 0.341. The van der Waals surface area contributed by atoms with Crippen LogP contribution in [0.5, 0.6) is 0 Å². The SMILES string of the molecule is CCNC(=NCc1nnc(C)n1C)N1CCN(CC(=O)N2CC(C)CC(C)C2)CC1.I. The lowest BCUT2D eigenvalue weighted by molar-refractivity contribution is -0.135. The van der Waals surface area contributed by atoms with Crippen molar-refractivity contribution in [3.8, 4) is 0 Å². The van der Waals surface area contributed by atoms with Crippen molar-refractivity contribution in [3.05, 3.63) is 11.6 Å². The molecular formula is C21H39IN8O. The van der Waals surface area contributed by atoms with Crippen molar-refractivity contribution in [2.75, 3.05) is 52.4 Å². The molecule has 10 heteroatoms. The van der Waals surface area contributed by atoms with Gasteiger partial charge in [-0.05, 0) is 32.1 Å². The fourth-order valence-corrected chi connectivity index (χ4v) is 4.44. The second-order valence-corrected chi connectivity index (χ2v) is 8.90. The number of carbonyl (C=O) groups excluding carboxylic acids is 1. The molecule has 31 heavy (non-hydrogen) atoms. The van der Waals surface area contributed by atoms with E-state index in [4.69, 9.17) is 4.99 Å². The summed E-state index contributed by atoms with van der Waals surface area (Å²) in [6.45, 7) is 15.7. The van der Waals surface area contributed by atoms with E-state index in [0.717, 1.165) is 63.4 Å². The van der Waals surface area contributed by atoms with Gasteiger partial charge in [-0.15, -0.1) is 34.2 Å². The number of likely N-dealkylation sites (tertiary alicyclic amines) is 1. The molecule has 0 radical (unpaired) electrons. The summed E-state index contributed by atoms with van der Waals surface area (Å²) in [6, 6.07) is 0. The molecule has 9 nitrogen and oxygen atoms in total. The Labute approximate surface area is 203 Å². The van der Waals surface area contributed by atoms with E-state index in [-0.39, 0.29) is 29.9 Å². The summed E-state index contributed by atoms with van der Waals surface area (Å²) in [5, 5.41) is 11.7. The van der Waals surface area contributed by atoms with Gasteiger partial charge in [-0.1, -0.05) is 13.8 Å². The zero-order valence-corrected chi connectivity index (χ0v) is 22.0. The van der Waals surface area contributed by atoms with Gasteiger partial charge >= 0.3 is 0 Å². The van der Waals surface area contributed by atoms with Crippen molar-refractivity contribution in [2.45, 2.75) is 40.7 Å². The van der Waals surface area contributed by atoms with E-state index in [1.807, 2.05) is 18.5 Å². The van der Waals surface area contributed by atoms with Crippen LogP contribution in [0.15, 0.2) is 4.99 Å². The van der Waals surface area contributed by atoms with Crippen LogP contribution in [-0.2, 0) is 18.4 Å². The third-order valence-corrected chi connectivity index (χ3v) is 6.14. The highest BCUT2D eigenvalue weighted by Crippen LogP contribution is 2.21. The number of piperidine rings is 1. The van der Waals surface area contributed by atoms with Crippen molar-refractivity contribution in [1.29, 1.82) is 0 Å². The van der Waals surface area contributed by atoms with E-state index >= 15 is 0 Å². The second kappa shape index (κ2) is 12.0. The fourth-order valence-electron chi connectivity index (χ4n) is 4.44. The molecule has 2 aliphatic rings. The third kappa shape index (κ3) is 7.03. The van der Waals surface area contributed by atoms with Gasteiger partial charge in [-0.25, -0.2) is 4.99 Å². The molecule has 2 saturated heterocycles. The number of aryl methyl sites for hydroxylation is 1. The lowest BCUT2D eigenvalue weighted by Gasteiger charge is -2.39. The number of guanidine groups is 1. The highest BCUT2D eigenvalue weighted by molar-refractivity contribution is 14.0. The number of carbonyl (C=O) groups is 1. The van der Waals surface area contributed by atoms with E-state index in [1.54, 1.807) is 0 Å². The Bertz CT molecular complexity index is 734. The first-order valence-corrected chi connectivity index (χ1v) is 11.3. The van der Waals surface area contributed by atoms with E-state index in [2.05, 4.69) is 51.0 Å². The van der Waals surface area contributed by atoms with Gasteiger partial charge in [0.1, 0.15) is 12.4 Å². The highest BCUT2D eigenvalue weighted by Gasteiger charge is 2.28. The number of rotatable bonds is 5. The molecule has 3 heterocycles. The number of halogens is 1. The number of nitrogens with zero attached hydrogens (tertiary/aromatic N) is 7. The monoisotopic (exact) mass is 546 g/mol. The number of amides is 1. The molecule has 176 valence electrons. The minimum atomic E-state index is 0. The summed E-state index contributed by atoms with van der Waals surface area (Å²) < 4.78 is 1.97. The Morgan fingerprint density at radius 1 is 1.10 bits per heavy atom. The van der Waals surface area contributed by atoms with Crippen LogP contribution in [0.1, 0.15) is 38.8 Å². The van der Waals surface area contributed by atoms with Gasteiger partial charge in [0.2, 0.25) is 5.91 Å². The normalized spacial score (nSPS) is 22.9. The Morgan fingerprint density at radius 3 is 2.29 bits per heavy atom. The Hall–Kier alpha value is -1.43. The molecule has 0 aromatic carbocycles. The molecule has 2 fully saturated rings. The molecule has 1 amide bonds. The standard InChI is InChI=1S/C21H38N8O.HI/c1-6-22-21(23-12-19-25-24-18(4)26(19)5)28-9-7-27(8-10-28)15-20(30)29-13-16(2)11-17(3)14-29;/h16-17H,6-15H2,1-5H3,(H,22,23);1H. The summed E-state index contributed by atoms with van der Waals surface area (Å²) in [6.07, 6.45) is 1.23. The van der Waals surface area contributed by atoms with Crippen molar-refractivity contribution in [3.63, 3.8) is 0 Å². The molecule has 2 aliphatic heterocycles. The first-order valence-electron chi connectivity index (χ1n) is 11.3. The molecule has 1 aromatic heterocycles. The van der Waals surface area contributed by atoms with Crippen LogP contribution in [-0.4, -0.2) is 93.7 Å². The molecule has 0 aliphatic carbocycles. The van der Waals surface area contributed by atoms with Crippen molar-refractivity contribution in [2.24, 2.45) is 23.9 Å². The van der Waals surface area contributed by atoms with Gasteiger partial charge < -0.3 is 19.7 Å². The molecule has 1 N–H and O–H groups in total. The largest absolute Gasteiger partial charge is 0.357 e. The maximum atomic E-state index is 12.8. The van der Waals surface area contributed by atoms with Crippen LogP contribution >= 0.6 is 24.0 Å². The van der Waals surface area contributed by atoms with Gasteiger partial charge in [0.25, 0.3) is 0 Å². The summed E-state index contributed by atoms with van der Waals surface area (Å²) in [4.78, 5) is 24.2. The Morgan fingerprint density at radius 2 is 1.74 bits per heavy atom. The van der Waals surface area contributed by atoms with Crippen molar-refractivity contribution < 1.29 is 4.79 Å². The van der Waals surface area contributed by atoms with Crippen LogP contribution in [0.25, 0.3) is 0 Å². The zero-order chi connectivity index (χ0) is 21.7. The number of hydrogen-bond donors (Lipinski definition) is 1. The molecule has 2 unspecified atom stereocenters. The molecule has 1 aromatic rings. The smallest absolute Gasteiger partial charge is 0.236 e. The summed E-state index contributed by atoms with van der Waals surface area (Å²) in [7, 11) is 1.97. The minimum Gasteiger partial charge on any atom is -0.357 e. The van der Waals surface area contributed by atoms with Gasteiger partial charge in [-0.3, -0.25) is 9.69 Å². The molecule has 2 atom stereocenters.